The second-order valence-corrected chi connectivity index (χ2v) is 7.13. The highest BCUT2D eigenvalue weighted by Crippen LogP contribution is 2.24. The summed E-state index contributed by atoms with van der Waals surface area (Å²) < 4.78 is 0. The number of nitrogens with zero attached hydrogens (tertiary/aromatic N) is 4. The molecule has 1 unspecified atom stereocenters. The van der Waals surface area contributed by atoms with E-state index in [0.29, 0.717) is 5.82 Å². The summed E-state index contributed by atoms with van der Waals surface area (Å²) in [6.07, 6.45) is 6.24. The molecule has 0 aliphatic carbocycles. The molecule has 0 amide bonds. The number of para-hydroxylation sites is 1. The van der Waals surface area contributed by atoms with E-state index in [-0.39, 0.29) is 0 Å². The van der Waals surface area contributed by atoms with Crippen molar-refractivity contribution in [2.24, 2.45) is 5.92 Å². The standard InChI is InChI=1S/C21H25N5/c1-16-6-5-12-26(15-16)13-11-23-21-18-8-2-3-9-19(18)24-20(25-21)17-7-4-10-22-14-17/h2-4,7-10,14,16H,5-6,11-13,15H2,1H3,(H,23,24,25). The largest absolute Gasteiger partial charge is 0.368 e. The average Bonchev–Trinajstić information content (AvgIpc) is 2.68. The number of aromatic nitrogens is 3. The van der Waals surface area contributed by atoms with E-state index in [9.17, 15) is 0 Å². The summed E-state index contributed by atoms with van der Waals surface area (Å²) in [6.45, 7) is 6.69. The highest BCUT2D eigenvalue weighted by Gasteiger charge is 2.16. The summed E-state index contributed by atoms with van der Waals surface area (Å²) in [5.41, 5.74) is 1.89. The molecule has 5 heteroatoms. The van der Waals surface area contributed by atoms with Gasteiger partial charge in [0.15, 0.2) is 5.82 Å². The van der Waals surface area contributed by atoms with Crippen molar-refractivity contribution in [2.45, 2.75) is 19.8 Å². The van der Waals surface area contributed by atoms with E-state index in [0.717, 1.165) is 41.3 Å². The molecule has 1 aliphatic heterocycles. The molecular formula is C21H25N5. The molecule has 2 aromatic heterocycles. The van der Waals surface area contributed by atoms with E-state index in [1.807, 2.05) is 36.5 Å². The zero-order valence-corrected chi connectivity index (χ0v) is 15.2. The van der Waals surface area contributed by atoms with E-state index < -0.39 is 0 Å². The van der Waals surface area contributed by atoms with Gasteiger partial charge in [-0.15, -0.1) is 0 Å². The van der Waals surface area contributed by atoms with Gasteiger partial charge in [-0.1, -0.05) is 19.1 Å². The van der Waals surface area contributed by atoms with Crippen LogP contribution in [0.2, 0.25) is 0 Å². The lowest BCUT2D eigenvalue weighted by molar-refractivity contribution is 0.190. The molecule has 0 bridgehead atoms. The van der Waals surface area contributed by atoms with E-state index in [4.69, 9.17) is 9.97 Å². The normalized spacial score (nSPS) is 18.1. The Hall–Kier alpha value is -2.53. The van der Waals surface area contributed by atoms with Gasteiger partial charge < -0.3 is 10.2 Å². The van der Waals surface area contributed by atoms with Gasteiger partial charge in [-0.05, 0) is 49.6 Å². The van der Waals surface area contributed by atoms with Crippen molar-refractivity contribution in [3.05, 3.63) is 48.8 Å². The monoisotopic (exact) mass is 347 g/mol. The topological polar surface area (TPSA) is 53.9 Å². The third-order valence-electron chi connectivity index (χ3n) is 4.98. The van der Waals surface area contributed by atoms with Crippen LogP contribution in [0.1, 0.15) is 19.8 Å². The second-order valence-electron chi connectivity index (χ2n) is 7.13. The molecule has 5 nitrogen and oxygen atoms in total. The number of hydrogen-bond donors (Lipinski definition) is 1. The van der Waals surface area contributed by atoms with Gasteiger partial charge in [-0.2, -0.15) is 0 Å². The Morgan fingerprint density at radius 3 is 2.92 bits per heavy atom. The molecule has 1 aromatic carbocycles. The summed E-state index contributed by atoms with van der Waals surface area (Å²) in [6, 6.07) is 12.1. The summed E-state index contributed by atoms with van der Waals surface area (Å²) >= 11 is 0. The van der Waals surface area contributed by atoms with Gasteiger partial charge >= 0.3 is 0 Å². The van der Waals surface area contributed by atoms with Gasteiger partial charge in [0.1, 0.15) is 5.82 Å². The fraction of sp³-hybridized carbons (Fsp3) is 0.381. The van der Waals surface area contributed by atoms with Crippen LogP contribution in [0.4, 0.5) is 5.82 Å². The molecule has 1 aliphatic rings. The van der Waals surface area contributed by atoms with E-state index in [1.165, 1.54) is 25.9 Å². The molecule has 0 radical (unpaired) electrons. The highest BCUT2D eigenvalue weighted by atomic mass is 15.2. The van der Waals surface area contributed by atoms with Crippen molar-refractivity contribution in [1.82, 2.24) is 19.9 Å². The summed E-state index contributed by atoms with van der Waals surface area (Å²) in [5.74, 6) is 2.42. The maximum absolute atomic E-state index is 4.79. The Morgan fingerprint density at radius 2 is 2.08 bits per heavy atom. The summed E-state index contributed by atoms with van der Waals surface area (Å²) in [4.78, 5) is 16.2. The zero-order chi connectivity index (χ0) is 17.8. The molecule has 1 N–H and O–H groups in total. The first kappa shape index (κ1) is 16.9. The molecule has 1 atom stereocenters. The minimum Gasteiger partial charge on any atom is -0.368 e. The minimum atomic E-state index is 0.714. The molecule has 3 heterocycles. The molecule has 3 aromatic rings. The third kappa shape index (κ3) is 3.83. The Balaban J connectivity index is 1.55. The van der Waals surface area contributed by atoms with Gasteiger partial charge in [0, 0.05) is 43.0 Å². The van der Waals surface area contributed by atoms with Crippen LogP contribution >= 0.6 is 0 Å². The number of fused-ring (bicyclic) bond motifs is 1. The van der Waals surface area contributed by atoms with Crippen LogP contribution in [0.25, 0.3) is 22.3 Å². The van der Waals surface area contributed by atoms with Crippen molar-refractivity contribution < 1.29 is 0 Å². The Morgan fingerprint density at radius 1 is 1.15 bits per heavy atom. The second kappa shape index (κ2) is 7.79. The van der Waals surface area contributed by atoms with Gasteiger partial charge in [0.25, 0.3) is 0 Å². The number of likely N-dealkylation sites (tertiary alicyclic amines) is 1. The number of anilines is 1. The Labute approximate surface area is 154 Å². The summed E-state index contributed by atoms with van der Waals surface area (Å²) in [5, 5.41) is 4.61. The first-order valence-corrected chi connectivity index (χ1v) is 9.43. The predicted octanol–water partition coefficient (Wildman–Crippen LogP) is 3.84. The Bertz CT molecular complexity index is 865. The van der Waals surface area contributed by atoms with Crippen LogP contribution in [0.15, 0.2) is 48.8 Å². The Kier molecular flexibility index (Phi) is 5.07. The quantitative estimate of drug-likeness (QED) is 0.760. The van der Waals surface area contributed by atoms with Crippen molar-refractivity contribution in [3.63, 3.8) is 0 Å². The molecule has 26 heavy (non-hydrogen) atoms. The molecule has 134 valence electrons. The molecule has 1 fully saturated rings. The first-order chi connectivity index (χ1) is 12.8. The molecular weight excluding hydrogens is 322 g/mol. The highest BCUT2D eigenvalue weighted by molar-refractivity contribution is 5.90. The van der Waals surface area contributed by atoms with Crippen LogP contribution in [0.5, 0.6) is 0 Å². The first-order valence-electron chi connectivity index (χ1n) is 9.43. The predicted molar refractivity (Wildman–Crippen MR) is 106 cm³/mol. The number of piperidine rings is 1. The van der Waals surface area contributed by atoms with Crippen LogP contribution in [-0.2, 0) is 0 Å². The van der Waals surface area contributed by atoms with E-state index in [2.05, 4.69) is 28.2 Å². The van der Waals surface area contributed by atoms with Gasteiger partial charge in [-0.3, -0.25) is 4.98 Å². The third-order valence-corrected chi connectivity index (χ3v) is 4.98. The van der Waals surface area contributed by atoms with Crippen LogP contribution in [-0.4, -0.2) is 46.0 Å². The number of pyridine rings is 1. The van der Waals surface area contributed by atoms with Crippen molar-refractivity contribution in [1.29, 1.82) is 0 Å². The smallest absolute Gasteiger partial charge is 0.163 e. The maximum atomic E-state index is 4.79. The van der Waals surface area contributed by atoms with Crippen LogP contribution in [0, 0.1) is 5.92 Å². The lowest BCUT2D eigenvalue weighted by atomic mass is 10.0. The lowest BCUT2D eigenvalue weighted by Crippen LogP contribution is -2.37. The number of hydrogen-bond acceptors (Lipinski definition) is 5. The lowest BCUT2D eigenvalue weighted by Gasteiger charge is -2.30. The van der Waals surface area contributed by atoms with E-state index >= 15 is 0 Å². The molecule has 0 saturated carbocycles. The summed E-state index contributed by atoms with van der Waals surface area (Å²) in [7, 11) is 0. The van der Waals surface area contributed by atoms with E-state index in [1.54, 1.807) is 6.20 Å². The number of benzene rings is 1. The maximum Gasteiger partial charge on any atom is 0.163 e. The van der Waals surface area contributed by atoms with Gasteiger partial charge in [0.2, 0.25) is 0 Å². The fourth-order valence-corrected chi connectivity index (χ4v) is 3.66. The van der Waals surface area contributed by atoms with Crippen molar-refractivity contribution >= 4 is 16.7 Å². The fourth-order valence-electron chi connectivity index (χ4n) is 3.66. The SMILES string of the molecule is CC1CCCN(CCNc2nc(-c3cccnc3)nc3ccccc23)C1. The van der Waals surface area contributed by atoms with Crippen LogP contribution in [0.3, 0.4) is 0 Å². The number of rotatable bonds is 5. The van der Waals surface area contributed by atoms with Gasteiger partial charge in [-0.25, -0.2) is 9.97 Å². The average molecular weight is 347 g/mol. The van der Waals surface area contributed by atoms with Gasteiger partial charge in [0.05, 0.1) is 5.52 Å². The van der Waals surface area contributed by atoms with Crippen molar-refractivity contribution in [2.75, 3.05) is 31.5 Å². The number of nitrogens with one attached hydrogen (secondary N) is 1. The minimum absolute atomic E-state index is 0.714. The zero-order valence-electron chi connectivity index (χ0n) is 15.2. The molecule has 4 rings (SSSR count). The molecule has 0 spiro atoms. The molecule has 1 saturated heterocycles. The van der Waals surface area contributed by atoms with Crippen molar-refractivity contribution in [3.8, 4) is 11.4 Å². The van der Waals surface area contributed by atoms with Crippen LogP contribution < -0.4 is 5.32 Å².